The molecule has 3 aromatic carbocycles. The molecule has 3 N–H and O–H groups in total. The Balaban J connectivity index is 1.45. The van der Waals surface area contributed by atoms with E-state index in [-0.39, 0.29) is 19.4 Å². The molecule has 206 valence electrons. The van der Waals surface area contributed by atoms with Gasteiger partial charge in [0.05, 0.1) is 24.4 Å². The Kier molecular flexibility index (Phi) is 6.84. The summed E-state index contributed by atoms with van der Waals surface area (Å²) in [6.45, 7) is 0.0579. The van der Waals surface area contributed by atoms with Gasteiger partial charge < -0.3 is 15.4 Å². The van der Waals surface area contributed by atoms with Crippen LogP contribution in [0.5, 0.6) is 0 Å². The van der Waals surface area contributed by atoms with E-state index in [1.807, 2.05) is 84.9 Å². The molecule has 3 heterocycles. The topological polar surface area (TPSA) is 126 Å². The van der Waals surface area contributed by atoms with Crippen LogP contribution in [0.2, 0.25) is 0 Å². The maximum absolute atomic E-state index is 14.0. The summed E-state index contributed by atoms with van der Waals surface area (Å²) in [5.74, 6) is -1.51. The summed E-state index contributed by atoms with van der Waals surface area (Å²) in [6, 6.07) is 25.9. The Morgan fingerprint density at radius 1 is 0.927 bits per heavy atom. The molecule has 1 aliphatic rings. The van der Waals surface area contributed by atoms with Crippen molar-refractivity contribution in [2.75, 3.05) is 0 Å². The van der Waals surface area contributed by atoms with Crippen molar-refractivity contribution >= 4 is 22.8 Å². The summed E-state index contributed by atoms with van der Waals surface area (Å²) in [6.07, 6.45) is 0.243. The number of amides is 1. The van der Waals surface area contributed by atoms with E-state index in [0.717, 1.165) is 32.2 Å². The molecule has 0 radical (unpaired) electrons. The first-order valence-corrected chi connectivity index (χ1v) is 13.5. The van der Waals surface area contributed by atoms with Gasteiger partial charge in [-0.2, -0.15) is 0 Å². The molecule has 0 aliphatic carbocycles. The Labute approximate surface area is 234 Å². The van der Waals surface area contributed by atoms with E-state index in [1.165, 1.54) is 10.6 Å². The van der Waals surface area contributed by atoms with Crippen molar-refractivity contribution in [1.82, 2.24) is 19.4 Å². The molecule has 1 amide bonds. The molecular weight excluding hydrogens is 520 g/mol. The van der Waals surface area contributed by atoms with E-state index in [1.54, 1.807) is 0 Å². The van der Waals surface area contributed by atoms with Gasteiger partial charge in [-0.1, -0.05) is 78.9 Å². The van der Waals surface area contributed by atoms with Gasteiger partial charge in [0, 0.05) is 29.4 Å². The Morgan fingerprint density at radius 2 is 1.59 bits per heavy atom. The van der Waals surface area contributed by atoms with Crippen molar-refractivity contribution < 1.29 is 14.7 Å². The van der Waals surface area contributed by atoms with Crippen molar-refractivity contribution in [3.05, 3.63) is 129 Å². The van der Waals surface area contributed by atoms with Crippen molar-refractivity contribution in [3.8, 4) is 11.4 Å². The number of carbonyl (C=O) groups excluding carboxylic acids is 1. The molecule has 0 saturated carbocycles. The number of aromatic nitrogens is 3. The van der Waals surface area contributed by atoms with Crippen LogP contribution in [-0.4, -0.2) is 37.1 Å². The number of carbonyl (C=O) groups is 2. The average Bonchev–Trinajstić information content (AvgIpc) is 3.34. The van der Waals surface area contributed by atoms with Crippen LogP contribution < -0.4 is 16.6 Å². The highest BCUT2D eigenvalue weighted by Crippen LogP contribution is 2.37. The molecule has 9 heteroatoms. The molecule has 0 fully saturated rings. The van der Waals surface area contributed by atoms with Crippen LogP contribution in [0, 0.1) is 0 Å². The van der Waals surface area contributed by atoms with Crippen LogP contribution in [0.4, 0.5) is 0 Å². The molecule has 0 bridgehead atoms. The van der Waals surface area contributed by atoms with Gasteiger partial charge in [0.1, 0.15) is 6.04 Å². The fraction of sp³-hybridized carbons (Fsp3) is 0.188. The molecule has 6 rings (SSSR count). The van der Waals surface area contributed by atoms with Crippen molar-refractivity contribution in [3.63, 3.8) is 0 Å². The van der Waals surface area contributed by atoms with Crippen LogP contribution in [0.3, 0.4) is 0 Å². The Morgan fingerprint density at radius 3 is 2.29 bits per heavy atom. The van der Waals surface area contributed by atoms with Gasteiger partial charge >= 0.3 is 11.7 Å². The zero-order valence-corrected chi connectivity index (χ0v) is 22.1. The fourth-order valence-electron chi connectivity index (χ4n) is 5.70. The number of hydrogen-bond acceptors (Lipinski definition) is 4. The SMILES string of the molecule is O=C(O)C[C@@H](Cc1ccccc1)NC(=O)[C@@H]1Cc2c([nH]c3ccccc23)-c2cc(=O)n(Cc3ccccc3)c(=O)n21. The van der Waals surface area contributed by atoms with Crippen molar-refractivity contribution in [1.29, 1.82) is 0 Å². The number of benzene rings is 3. The Hall–Kier alpha value is -5.18. The van der Waals surface area contributed by atoms with E-state index in [4.69, 9.17) is 0 Å². The van der Waals surface area contributed by atoms with E-state index in [9.17, 15) is 24.3 Å². The number of nitrogens with one attached hydrogen (secondary N) is 2. The summed E-state index contributed by atoms with van der Waals surface area (Å²) in [7, 11) is 0. The van der Waals surface area contributed by atoms with Gasteiger partial charge in [-0.25, -0.2) is 4.79 Å². The van der Waals surface area contributed by atoms with E-state index < -0.39 is 35.2 Å². The third-order valence-corrected chi connectivity index (χ3v) is 7.58. The molecule has 41 heavy (non-hydrogen) atoms. The largest absolute Gasteiger partial charge is 0.481 e. The molecule has 0 saturated heterocycles. The lowest BCUT2D eigenvalue weighted by molar-refractivity contribution is -0.137. The van der Waals surface area contributed by atoms with E-state index >= 15 is 0 Å². The minimum atomic E-state index is -1.04. The molecule has 2 aromatic heterocycles. The van der Waals surface area contributed by atoms with Gasteiger partial charge in [-0.3, -0.25) is 23.5 Å². The zero-order valence-electron chi connectivity index (χ0n) is 22.1. The summed E-state index contributed by atoms with van der Waals surface area (Å²) >= 11 is 0. The second kappa shape index (κ2) is 10.8. The number of rotatable bonds is 8. The molecule has 9 nitrogen and oxygen atoms in total. The molecule has 2 atom stereocenters. The maximum atomic E-state index is 14.0. The standard InChI is InChI=1S/C32H28N4O5/c37-28-18-26-30-24(23-13-7-8-14-25(23)34-30)17-27(36(26)32(41)35(28)19-21-11-5-2-6-12-21)31(40)33-22(16-29(38)39)15-20-9-3-1-4-10-20/h1-14,18,22,27,34H,15-17,19H2,(H,33,40)(H,38,39)/t22-,27+/m1/s1. The van der Waals surface area contributed by atoms with Gasteiger partial charge in [0.25, 0.3) is 5.56 Å². The first kappa shape index (κ1) is 26.1. The number of nitrogens with zero attached hydrogens (tertiary/aromatic N) is 2. The fourth-order valence-corrected chi connectivity index (χ4v) is 5.70. The van der Waals surface area contributed by atoms with Crippen LogP contribution in [0.15, 0.2) is 101 Å². The lowest BCUT2D eigenvalue weighted by Crippen LogP contribution is -2.49. The Bertz CT molecular complexity index is 1870. The second-order valence-corrected chi connectivity index (χ2v) is 10.3. The summed E-state index contributed by atoms with van der Waals surface area (Å²) < 4.78 is 2.50. The van der Waals surface area contributed by atoms with Gasteiger partial charge in [0.15, 0.2) is 0 Å². The first-order chi connectivity index (χ1) is 19.9. The second-order valence-electron chi connectivity index (χ2n) is 10.3. The first-order valence-electron chi connectivity index (χ1n) is 13.5. The van der Waals surface area contributed by atoms with Crippen molar-refractivity contribution in [2.45, 2.75) is 37.9 Å². The van der Waals surface area contributed by atoms with E-state index in [2.05, 4.69) is 10.3 Å². The lowest BCUT2D eigenvalue weighted by Gasteiger charge is -2.29. The number of aromatic amines is 1. The van der Waals surface area contributed by atoms with Crippen LogP contribution in [0.25, 0.3) is 22.3 Å². The third kappa shape index (κ3) is 5.09. The smallest absolute Gasteiger partial charge is 0.332 e. The monoisotopic (exact) mass is 548 g/mol. The molecular formula is C32H28N4O5. The highest BCUT2D eigenvalue weighted by Gasteiger charge is 2.35. The number of fused-ring (bicyclic) bond motifs is 5. The average molecular weight is 549 g/mol. The van der Waals surface area contributed by atoms with Gasteiger partial charge in [-0.15, -0.1) is 0 Å². The predicted octanol–water partition coefficient (Wildman–Crippen LogP) is 3.51. The molecule has 1 aliphatic heterocycles. The number of hydrogen-bond donors (Lipinski definition) is 3. The minimum absolute atomic E-state index is 0.0579. The summed E-state index contributed by atoms with van der Waals surface area (Å²) in [5.41, 5.74) is 3.22. The van der Waals surface area contributed by atoms with Gasteiger partial charge in [0.2, 0.25) is 5.91 Å². The number of para-hydroxylation sites is 1. The normalized spacial score (nSPS) is 14.7. The highest BCUT2D eigenvalue weighted by molar-refractivity contribution is 5.93. The number of aliphatic carboxylic acids is 1. The minimum Gasteiger partial charge on any atom is -0.481 e. The molecule has 0 unspecified atom stereocenters. The van der Waals surface area contributed by atoms with Crippen LogP contribution in [-0.2, 0) is 29.0 Å². The quantitative estimate of drug-likeness (QED) is 0.274. The zero-order chi connectivity index (χ0) is 28.5. The number of carboxylic acid groups (broad SMARTS) is 1. The van der Waals surface area contributed by atoms with Gasteiger partial charge in [-0.05, 0) is 29.2 Å². The predicted molar refractivity (Wildman–Crippen MR) is 155 cm³/mol. The molecule has 5 aromatic rings. The van der Waals surface area contributed by atoms with E-state index in [0.29, 0.717) is 17.8 Å². The number of carboxylic acids is 1. The van der Waals surface area contributed by atoms with Crippen LogP contribution in [0.1, 0.15) is 29.2 Å². The van der Waals surface area contributed by atoms with Crippen LogP contribution >= 0.6 is 0 Å². The third-order valence-electron chi connectivity index (χ3n) is 7.58. The maximum Gasteiger partial charge on any atom is 0.332 e. The lowest BCUT2D eigenvalue weighted by atomic mass is 9.95. The summed E-state index contributed by atoms with van der Waals surface area (Å²) in [5, 5.41) is 13.4. The number of H-pyrrole nitrogens is 1. The van der Waals surface area contributed by atoms with Crippen molar-refractivity contribution in [2.24, 2.45) is 0 Å². The molecule has 0 spiro atoms. The highest BCUT2D eigenvalue weighted by atomic mass is 16.4. The summed E-state index contributed by atoms with van der Waals surface area (Å²) in [4.78, 5) is 56.2.